The van der Waals surface area contributed by atoms with E-state index in [1.54, 1.807) is 25.7 Å². The molecular weight excluding hydrogens is 312 g/mol. The molecule has 21 heavy (non-hydrogen) atoms. The zero-order valence-electron chi connectivity index (χ0n) is 11.9. The Morgan fingerprint density at radius 2 is 2.24 bits per heavy atom. The summed E-state index contributed by atoms with van der Waals surface area (Å²) in [5, 5.41) is 2.04. The Morgan fingerprint density at radius 1 is 1.48 bits per heavy atom. The van der Waals surface area contributed by atoms with Gasteiger partial charge in [-0.1, -0.05) is 6.92 Å². The van der Waals surface area contributed by atoms with Gasteiger partial charge in [0.15, 0.2) is 9.84 Å². The van der Waals surface area contributed by atoms with Crippen molar-refractivity contribution in [3.63, 3.8) is 0 Å². The summed E-state index contributed by atoms with van der Waals surface area (Å²) in [5.74, 6) is 1.32. The normalized spacial score (nSPS) is 19.3. The van der Waals surface area contributed by atoms with E-state index >= 15 is 0 Å². The molecule has 7 nitrogen and oxygen atoms in total. The molecular formula is C12H18N4O3S2. The molecule has 1 fully saturated rings. The molecule has 1 saturated heterocycles. The lowest BCUT2D eigenvalue weighted by atomic mass is 10.3. The predicted molar refractivity (Wildman–Crippen MR) is 83.2 cm³/mol. The van der Waals surface area contributed by atoms with Gasteiger partial charge in [0.2, 0.25) is 0 Å². The predicted octanol–water partition coefficient (Wildman–Crippen LogP) is 0.468. The number of carbonyl (C=O) groups is 1. The van der Waals surface area contributed by atoms with Crippen LogP contribution >= 0.6 is 11.8 Å². The second kappa shape index (κ2) is 6.61. The maximum Gasteiger partial charge on any atom is 0.275 e. The molecule has 116 valence electrons. The van der Waals surface area contributed by atoms with Gasteiger partial charge in [-0.15, -0.1) is 0 Å². The van der Waals surface area contributed by atoms with Gasteiger partial charge in [0.1, 0.15) is 16.9 Å². The number of carbonyl (C=O) groups excluding carboxylic acids is 1. The lowest BCUT2D eigenvalue weighted by Crippen LogP contribution is -2.50. The van der Waals surface area contributed by atoms with Crippen LogP contribution in [-0.2, 0) is 9.84 Å². The van der Waals surface area contributed by atoms with Crippen molar-refractivity contribution in [1.29, 1.82) is 0 Å². The number of nitrogens with zero attached hydrogens (tertiary/aromatic N) is 3. The fourth-order valence-electron chi connectivity index (χ4n) is 2.02. The fraction of sp³-hybridized carbons (Fsp3) is 0.583. The van der Waals surface area contributed by atoms with E-state index in [-0.39, 0.29) is 17.4 Å². The van der Waals surface area contributed by atoms with Crippen LogP contribution in [0.15, 0.2) is 12.4 Å². The quantitative estimate of drug-likeness (QED) is 0.858. The smallest absolute Gasteiger partial charge is 0.275 e. The molecule has 1 amide bonds. The van der Waals surface area contributed by atoms with Gasteiger partial charge in [-0.25, -0.2) is 18.4 Å². The minimum atomic E-state index is -3.31. The molecule has 0 aromatic carbocycles. The zero-order valence-corrected chi connectivity index (χ0v) is 13.6. The Morgan fingerprint density at radius 3 is 2.81 bits per heavy atom. The number of rotatable bonds is 4. The van der Waals surface area contributed by atoms with Crippen LogP contribution in [0.3, 0.4) is 0 Å². The van der Waals surface area contributed by atoms with Crippen molar-refractivity contribution >= 4 is 33.3 Å². The van der Waals surface area contributed by atoms with Crippen molar-refractivity contribution in [3.05, 3.63) is 18.1 Å². The molecule has 1 aliphatic rings. The van der Waals surface area contributed by atoms with Gasteiger partial charge in [-0.05, 0) is 0 Å². The Hall–Kier alpha value is -1.35. The van der Waals surface area contributed by atoms with Crippen molar-refractivity contribution in [2.75, 3.05) is 36.2 Å². The molecule has 0 aliphatic carbocycles. The van der Waals surface area contributed by atoms with E-state index in [0.717, 1.165) is 5.75 Å². The highest BCUT2D eigenvalue weighted by atomic mass is 32.2. The van der Waals surface area contributed by atoms with Gasteiger partial charge in [0.05, 0.1) is 12.4 Å². The second-order valence-electron chi connectivity index (χ2n) is 4.52. The third kappa shape index (κ3) is 3.46. The monoisotopic (exact) mass is 330 g/mol. The summed E-state index contributed by atoms with van der Waals surface area (Å²) < 4.78 is 24.3. The number of anilines is 1. The van der Waals surface area contributed by atoms with Gasteiger partial charge in [0, 0.05) is 30.9 Å². The number of amides is 1. The molecule has 1 unspecified atom stereocenters. The molecule has 2 rings (SSSR count). The van der Waals surface area contributed by atoms with E-state index in [9.17, 15) is 13.2 Å². The van der Waals surface area contributed by atoms with Gasteiger partial charge >= 0.3 is 0 Å². The van der Waals surface area contributed by atoms with Crippen LogP contribution in [0.25, 0.3) is 0 Å². The summed E-state index contributed by atoms with van der Waals surface area (Å²) in [6.45, 7) is 2.00. The van der Waals surface area contributed by atoms with Crippen LogP contribution in [0, 0.1) is 0 Å². The number of nitrogens with one attached hydrogen (secondary N) is 1. The van der Waals surface area contributed by atoms with Crippen molar-refractivity contribution in [2.45, 2.75) is 12.3 Å². The Kier molecular flexibility index (Phi) is 5.04. The third-order valence-electron chi connectivity index (χ3n) is 3.29. The van der Waals surface area contributed by atoms with E-state index in [4.69, 9.17) is 0 Å². The van der Waals surface area contributed by atoms with E-state index in [1.165, 1.54) is 17.3 Å². The van der Waals surface area contributed by atoms with Crippen molar-refractivity contribution in [1.82, 2.24) is 14.9 Å². The first-order valence-corrected chi connectivity index (χ1v) is 9.46. The lowest BCUT2D eigenvalue weighted by molar-refractivity contribution is 0.0743. The molecule has 0 saturated carbocycles. The van der Waals surface area contributed by atoms with Crippen LogP contribution in [0.2, 0.25) is 0 Å². The number of hydrogen-bond acceptors (Lipinski definition) is 7. The Balaban J connectivity index is 2.26. The largest absolute Gasteiger partial charge is 0.372 e. The van der Waals surface area contributed by atoms with E-state index in [2.05, 4.69) is 15.3 Å². The average Bonchev–Trinajstić information content (AvgIpc) is 2.54. The number of thioether (sulfide) groups is 1. The summed E-state index contributed by atoms with van der Waals surface area (Å²) in [6.07, 6.45) is 2.82. The molecule has 1 atom stereocenters. The molecule has 9 heteroatoms. The average molecular weight is 330 g/mol. The lowest BCUT2D eigenvalue weighted by Gasteiger charge is -2.34. The third-order valence-corrected chi connectivity index (χ3v) is 6.58. The van der Waals surface area contributed by atoms with Gasteiger partial charge in [-0.2, -0.15) is 11.8 Å². The van der Waals surface area contributed by atoms with Crippen LogP contribution < -0.4 is 5.32 Å². The number of hydrogen-bond donors (Lipinski definition) is 1. The highest BCUT2D eigenvalue weighted by Gasteiger charge is 2.36. The zero-order chi connectivity index (χ0) is 15.5. The maximum atomic E-state index is 12.5. The molecule has 1 aromatic heterocycles. The molecule has 2 heterocycles. The molecule has 1 aromatic rings. The SMILES string of the molecule is CCS(=O)(=O)C1CSCCN1C(=O)c1cnc(NC)cn1. The molecule has 0 spiro atoms. The van der Waals surface area contributed by atoms with Crippen molar-refractivity contribution in [3.8, 4) is 0 Å². The van der Waals surface area contributed by atoms with Crippen molar-refractivity contribution in [2.24, 2.45) is 0 Å². The molecule has 1 N–H and O–H groups in total. The first kappa shape index (κ1) is 16.0. The molecule has 0 radical (unpaired) electrons. The number of sulfone groups is 1. The Bertz CT molecular complexity index is 603. The minimum Gasteiger partial charge on any atom is -0.372 e. The Labute approximate surface area is 128 Å². The molecule has 0 bridgehead atoms. The summed E-state index contributed by atoms with van der Waals surface area (Å²) in [6, 6.07) is 0. The highest BCUT2D eigenvalue weighted by Crippen LogP contribution is 2.23. The summed E-state index contributed by atoms with van der Waals surface area (Å²) in [5.41, 5.74) is 0.164. The summed E-state index contributed by atoms with van der Waals surface area (Å²) in [4.78, 5) is 22.0. The summed E-state index contributed by atoms with van der Waals surface area (Å²) >= 11 is 1.55. The summed E-state index contributed by atoms with van der Waals surface area (Å²) in [7, 11) is -1.61. The van der Waals surface area contributed by atoms with Gasteiger partial charge in [0.25, 0.3) is 5.91 Å². The standard InChI is InChI=1S/C12H18N4O3S2/c1-3-21(18,19)11-8-20-5-4-16(11)12(17)9-6-15-10(13-2)7-14-9/h6-7,11H,3-5,8H2,1-2H3,(H,13,15). The fourth-order valence-corrected chi connectivity index (χ4v) is 4.98. The maximum absolute atomic E-state index is 12.5. The van der Waals surface area contributed by atoms with E-state index < -0.39 is 15.2 Å². The first-order chi connectivity index (χ1) is 9.99. The van der Waals surface area contributed by atoms with Crippen LogP contribution in [-0.4, -0.2) is 65.4 Å². The van der Waals surface area contributed by atoms with Gasteiger partial charge < -0.3 is 10.2 Å². The number of aromatic nitrogens is 2. The van der Waals surface area contributed by atoms with E-state index in [0.29, 0.717) is 18.1 Å². The first-order valence-electron chi connectivity index (χ1n) is 6.59. The minimum absolute atomic E-state index is 0.0202. The van der Waals surface area contributed by atoms with Crippen LogP contribution in [0.4, 0.5) is 5.82 Å². The highest BCUT2D eigenvalue weighted by molar-refractivity contribution is 8.01. The van der Waals surface area contributed by atoms with Crippen LogP contribution in [0.1, 0.15) is 17.4 Å². The topological polar surface area (TPSA) is 92.3 Å². The van der Waals surface area contributed by atoms with Crippen LogP contribution in [0.5, 0.6) is 0 Å². The second-order valence-corrected chi connectivity index (χ2v) is 8.11. The molecule has 1 aliphatic heterocycles. The van der Waals surface area contributed by atoms with Gasteiger partial charge in [-0.3, -0.25) is 4.79 Å². The van der Waals surface area contributed by atoms with Crippen molar-refractivity contribution < 1.29 is 13.2 Å². The van der Waals surface area contributed by atoms with E-state index in [1.807, 2.05) is 0 Å².